The van der Waals surface area contributed by atoms with Crippen LogP contribution >= 0.6 is 0 Å². The fourth-order valence-electron chi connectivity index (χ4n) is 6.46. The molecule has 0 spiro atoms. The predicted octanol–water partition coefficient (Wildman–Crippen LogP) is -0.897. The monoisotopic (exact) mass is 938 g/mol. The summed E-state index contributed by atoms with van der Waals surface area (Å²) in [6, 6.07) is 8.50. The van der Waals surface area contributed by atoms with Gasteiger partial charge in [-0.1, -0.05) is 48.0 Å². The number of aliphatic carboxylic acids is 3. The standard InChI is InChI=1S/C42H47FN8O14S/c1-22-9-11-26(12-10-22)66(64,65)51-33(19-37(57)58)42(63)48-29(13-14-35(53)54)39(60)46-21-34(52)47-31(16-23-5-4-6-25(43)15-23)40(61)50-32(41(62)49-30(38(44)59)18-36(55)56)17-24-20-45-28-8-3-2-7-27(24)28/h2-12,15,20,29-33,45,51H,13-14,16-19,21H2,1H3,(H2,44,59)(H,46,60)(H,47,52)(H,48,63)(H,49,62)(H,50,61)(H,53,54)(H,55,56)(H,57,58)/t29-,30-,31-,32-,33+/m0/s1. The van der Waals surface area contributed by atoms with Gasteiger partial charge in [0.1, 0.15) is 36.0 Å². The topological polar surface area (TPSA) is 362 Å². The van der Waals surface area contributed by atoms with Crippen LogP contribution in [-0.4, -0.2) is 119 Å². The molecule has 3 aromatic carbocycles. The van der Waals surface area contributed by atoms with E-state index in [1.807, 2.05) is 4.72 Å². The molecule has 1 heterocycles. The number of nitrogens with two attached hydrogens (primary N) is 1. The predicted molar refractivity (Wildman–Crippen MR) is 229 cm³/mol. The molecule has 0 saturated carbocycles. The lowest BCUT2D eigenvalue weighted by Gasteiger charge is -2.25. The van der Waals surface area contributed by atoms with Crippen molar-refractivity contribution in [1.82, 2.24) is 36.3 Å². The minimum Gasteiger partial charge on any atom is -0.481 e. The number of sulfonamides is 1. The first kappa shape index (κ1) is 50.9. The first-order valence-corrected chi connectivity index (χ1v) is 21.4. The first-order chi connectivity index (χ1) is 31.1. The van der Waals surface area contributed by atoms with Gasteiger partial charge in [-0.25, -0.2) is 12.8 Å². The zero-order valence-corrected chi connectivity index (χ0v) is 35.9. The van der Waals surface area contributed by atoms with Crippen molar-refractivity contribution < 1.29 is 71.3 Å². The average molecular weight is 939 g/mol. The van der Waals surface area contributed by atoms with Gasteiger partial charge >= 0.3 is 17.9 Å². The highest BCUT2D eigenvalue weighted by atomic mass is 32.2. The number of fused-ring (bicyclic) bond motifs is 1. The number of H-pyrrole nitrogens is 1. The molecular weight excluding hydrogens is 892 g/mol. The summed E-state index contributed by atoms with van der Waals surface area (Å²) in [4.78, 5) is 117. The largest absolute Gasteiger partial charge is 0.481 e. The number of hydrogen-bond acceptors (Lipinski definition) is 11. The van der Waals surface area contributed by atoms with Crippen LogP contribution in [0.3, 0.4) is 0 Å². The Morgan fingerprint density at radius 3 is 1.89 bits per heavy atom. The van der Waals surface area contributed by atoms with E-state index in [4.69, 9.17) is 5.73 Å². The van der Waals surface area contributed by atoms with Crippen LogP contribution in [0, 0.1) is 12.7 Å². The second kappa shape index (κ2) is 23.3. The zero-order chi connectivity index (χ0) is 48.7. The summed E-state index contributed by atoms with van der Waals surface area (Å²) < 4.78 is 42.3. The Morgan fingerprint density at radius 1 is 0.682 bits per heavy atom. The third kappa shape index (κ3) is 15.5. The molecule has 0 saturated heterocycles. The van der Waals surface area contributed by atoms with Crippen LogP contribution in [-0.2, 0) is 66.0 Å². The number of primary amides is 1. The number of carboxylic acid groups (broad SMARTS) is 3. The van der Waals surface area contributed by atoms with Gasteiger partial charge < -0.3 is 52.6 Å². The van der Waals surface area contributed by atoms with Crippen molar-refractivity contribution in [3.63, 3.8) is 0 Å². The molecule has 0 unspecified atom stereocenters. The molecule has 1 aromatic heterocycles. The summed E-state index contributed by atoms with van der Waals surface area (Å²) in [6.07, 6.45) is -2.45. The summed E-state index contributed by atoms with van der Waals surface area (Å²) in [5.74, 6) is -12.1. The molecule has 66 heavy (non-hydrogen) atoms. The van der Waals surface area contributed by atoms with Gasteiger partial charge in [0.2, 0.25) is 45.5 Å². The fraction of sp³-hybridized carbons (Fsp3) is 0.310. The quantitative estimate of drug-likeness (QED) is 0.0384. The highest BCUT2D eigenvalue weighted by Crippen LogP contribution is 2.20. The molecule has 0 aliphatic rings. The summed E-state index contributed by atoms with van der Waals surface area (Å²) in [7, 11) is -4.50. The van der Waals surface area contributed by atoms with Crippen molar-refractivity contribution in [2.45, 2.75) is 80.6 Å². The number of carboxylic acids is 3. The molecule has 0 fully saturated rings. The maximum Gasteiger partial charge on any atom is 0.305 e. The van der Waals surface area contributed by atoms with Crippen LogP contribution in [0.4, 0.5) is 4.39 Å². The van der Waals surface area contributed by atoms with Gasteiger partial charge in [-0.2, -0.15) is 4.72 Å². The lowest BCUT2D eigenvalue weighted by atomic mass is 10.0. The van der Waals surface area contributed by atoms with Gasteiger partial charge in [0.05, 0.1) is 24.3 Å². The van der Waals surface area contributed by atoms with E-state index in [9.17, 15) is 71.3 Å². The maximum atomic E-state index is 14.3. The minimum absolute atomic E-state index is 0.178. The molecule has 4 aromatic rings. The number of hydrogen-bond donors (Lipinski definition) is 11. The van der Waals surface area contributed by atoms with Gasteiger partial charge in [-0.3, -0.25) is 43.2 Å². The fourth-order valence-corrected chi connectivity index (χ4v) is 7.66. The zero-order valence-electron chi connectivity index (χ0n) is 35.0. The van der Waals surface area contributed by atoms with Crippen LogP contribution in [0.25, 0.3) is 10.9 Å². The minimum atomic E-state index is -4.50. The molecule has 22 nitrogen and oxygen atoms in total. The SMILES string of the molecule is Cc1ccc(S(=O)(=O)N[C@H](CC(=O)O)C(=O)N[C@@H](CCC(=O)O)C(=O)NCC(=O)N[C@@H](Cc2cccc(F)c2)C(=O)N[C@@H](Cc2c[nH]c3ccccc23)C(=O)N[C@@H](CC(=O)O)C(N)=O)cc1. The summed E-state index contributed by atoms with van der Waals surface area (Å²) in [6.45, 7) is 0.738. The van der Waals surface area contributed by atoms with Crippen LogP contribution in [0.2, 0.25) is 0 Å². The number of halogens is 1. The van der Waals surface area contributed by atoms with Crippen molar-refractivity contribution >= 4 is 74.3 Å². The second-order valence-corrected chi connectivity index (χ2v) is 16.7. The number of aromatic nitrogens is 1. The van der Waals surface area contributed by atoms with E-state index in [2.05, 4.69) is 31.6 Å². The lowest BCUT2D eigenvalue weighted by Crippen LogP contribution is -2.58. The molecule has 0 radical (unpaired) electrons. The molecule has 5 atom stereocenters. The number of rotatable bonds is 25. The molecule has 12 N–H and O–H groups in total. The molecule has 0 bridgehead atoms. The molecule has 0 aliphatic heterocycles. The van der Waals surface area contributed by atoms with Crippen molar-refractivity contribution in [1.29, 1.82) is 0 Å². The number of aryl methyl sites for hydroxylation is 1. The molecular formula is C42H47FN8O14S. The Labute approximate surface area is 375 Å². The molecule has 24 heteroatoms. The van der Waals surface area contributed by atoms with Gasteiger partial charge in [-0.15, -0.1) is 0 Å². The Kier molecular flexibility index (Phi) is 18.0. The third-order valence-corrected chi connectivity index (χ3v) is 11.3. The summed E-state index contributed by atoms with van der Waals surface area (Å²) >= 11 is 0. The van der Waals surface area contributed by atoms with Crippen molar-refractivity contribution in [3.05, 3.63) is 102 Å². The summed E-state index contributed by atoms with van der Waals surface area (Å²) in [5.41, 5.74) is 7.36. The molecule has 6 amide bonds. The number of carbonyl (C=O) groups excluding carboxylic acids is 6. The van der Waals surface area contributed by atoms with Crippen molar-refractivity contribution in [2.75, 3.05) is 6.54 Å². The highest BCUT2D eigenvalue weighted by Gasteiger charge is 2.33. The lowest BCUT2D eigenvalue weighted by molar-refractivity contribution is -0.141. The van der Waals surface area contributed by atoms with Crippen LogP contribution < -0.4 is 37.0 Å². The first-order valence-electron chi connectivity index (χ1n) is 19.9. The Balaban J connectivity index is 1.55. The molecule has 4 rings (SSSR count). The Bertz CT molecular complexity index is 2590. The van der Waals surface area contributed by atoms with Crippen LogP contribution in [0.15, 0.2) is 83.9 Å². The van der Waals surface area contributed by atoms with Crippen LogP contribution in [0.1, 0.15) is 42.4 Å². The Hall–Kier alpha value is -7.73. The van der Waals surface area contributed by atoms with E-state index < -0.39 is 138 Å². The number of aromatic amines is 1. The smallest absolute Gasteiger partial charge is 0.305 e. The van der Waals surface area contributed by atoms with E-state index in [1.165, 1.54) is 36.4 Å². The van der Waals surface area contributed by atoms with Gasteiger partial charge in [-0.05, 0) is 54.8 Å². The van der Waals surface area contributed by atoms with E-state index in [0.29, 0.717) is 22.0 Å². The number of amides is 6. The van der Waals surface area contributed by atoms with Crippen LogP contribution in [0.5, 0.6) is 0 Å². The highest BCUT2D eigenvalue weighted by molar-refractivity contribution is 7.89. The maximum absolute atomic E-state index is 14.3. The second-order valence-electron chi connectivity index (χ2n) is 14.9. The number of nitrogens with one attached hydrogen (secondary N) is 7. The van der Waals surface area contributed by atoms with Crippen molar-refractivity contribution in [2.24, 2.45) is 5.73 Å². The van der Waals surface area contributed by atoms with E-state index in [1.54, 1.807) is 37.4 Å². The van der Waals surface area contributed by atoms with Gasteiger partial charge in [0.25, 0.3) is 0 Å². The van der Waals surface area contributed by atoms with Gasteiger partial charge in [0, 0.05) is 36.4 Å². The number of benzene rings is 3. The van der Waals surface area contributed by atoms with E-state index >= 15 is 0 Å². The van der Waals surface area contributed by atoms with E-state index in [-0.39, 0.29) is 16.9 Å². The number of para-hydroxylation sites is 1. The molecule has 352 valence electrons. The van der Waals surface area contributed by atoms with Crippen molar-refractivity contribution in [3.8, 4) is 0 Å². The Morgan fingerprint density at radius 2 is 1.27 bits per heavy atom. The number of carbonyl (C=O) groups is 9. The molecule has 0 aliphatic carbocycles. The van der Waals surface area contributed by atoms with E-state index in [0.717, 1.165) is 12.1 Å². The summed E-state index contributed by atoms with van der Waals surface area (Å²) in [5, 5.41) is 40.1. The third-order valence-electron chi connectivity index (χ3n) is 9.78. The average Bonchev–Trinajstić information content (AvgIpc) is 3.65. The van der Waals surface area contributed by atoms with Gasteiger partial charge in [0.15, 0.2) is 0 Å². The normalized spacial score (nSPS) is 13.5.